The zero-order valence-corrected chi connectivity index (χ0v) is 16.2. The number of carbonyl (C=O) groups excluding carboxylic acids is 1. The van der Waals surface area contributed by atoms with E-state index in [1.54, 1.807) is 0 Å². The molecule has 3 aromatic carbocycles. The van der Waals surface area contributed by atoms with Gasteiger partial charge in [-0.15, -0.1) is 0 Å². The number of benzene rings is 3. The van der Waals surface area contributed by atoms with Crippen molar-refractivity contribution in [3.8, 4) is 0 Å². The van der Waals surface area contributed by atoms with Gasteiger partial charge in [-0.3, -0.25) is 4.79 Å². The van der Waals surface area contributed by atoms with E-state index in [0.29, 0.717) is 6.54 Å². The smallest absolute Gasteiger partial charge is 0.279 e. The Morgan fingerprint density at radius 3 is 2.04 bits per heavy atom. The molecule has 1 amide bonds. The number of nitrogens with two attached hydrogens (primary N) is 1. The minimum absolute atomic E-state index is 0.0143. The van der Waals surface area contributed by atoms with Crippen molar-refractivity contribution in [2.24, 2.45) is 0 Å². The molecule has 0 heterocycles. The lowest BCUT2D eigenvalue weighted by atomic mass is 9.98. The van der Waals surface area contributed by atoms with Crippen LogP contribution in [-0.2, 0) is 4.79 Å². The highest BCUT2D eigenvalue weighted by Crippen LogP contribution is 2.20. The van der Waals surface area contributed by atoms with Crippen LogP contribution >= 0.6 is 0 Å². The number of para-hydroxylation sites is 1. The third-order valence-corrected chi connectivity index (χ3v) is 4.88. The summed E-state index contributed by atoms with van der Waals surface area (Å²) in [6.45, 7) is 6.49. The molecule has 27 heavy (non-hydrogen) atoms. The predicted molar refractivity (Wildman–Crippen MR) is 111 cm³/mol. The molecule has 3 rings (SSSR count). The van der Waals surface area contributed by atoms with Crippen molar-refractivity contribution in [3.63, 3.8) is 0 Å². The van der Waals surface area contributed by atoms with E-state index in [1.165, 1.54) is 16.7 Å². The number of quaternary nitrogens is 1. The molecular weight excluding hydrogens is 332 g/mol. The van der Waals surface area contributed by atoms with E-state index in [4.69, 9.17) is 0 Å². The van der Waals surface area contributed by atoms with Crippen LogP contribution in [0.1, 0.15) is 33.9 Å². The maximum Gasteiger partial charge on any atom is 0.279 e. The van der Waals surface area contributed by atoms with E-state index in [0.717, 1.165) is 16.8 Å². The van der Waals surface area contributed by atoms with E-state index in [9.17, 15) is 4.79 Å². The molecule has 0 aliphatic heterocycles. The van der Waals surface area contributed by atoms with Crippen molar-refractivity contribution in [1.29, 1.82) is 0 Å². The highest BCUT2D eigenvalue weighted by Gasteiger charge is 2.19. The molecule has 3 nitrogen and oxygen atoms in total. The Morgan fingerprint density at radius 2 is 1.41 bits per heavy atom. The normalized spacial score (nSPS) is 11.8. The topological polar surface area (TPSA) is 45.7 Å². The standard InChI is InChI=1S/C24H26N2O/c1-17-12-14-21(15-13-17)24(20-10-5-4-6-11-20)25-16-22(27)26-23-18(2)8-7-9-19(23)3/h4-15,24-25H,16H2,1-3H3,(H,26,27)/p+1/t24-/m0/s1. The van der Waals surface area contributed by atoms with Crippen molar-refractivity contribution in [3.05, 3.63) is 101 Å². The van der Waals surface area contributed by atoms with E-state index >= 15 is 0 Å². The van der Waals surface area contributed by atoms with Crippen LogP contribution in [-0.4, -0.2) is 12.5 Å². The predicted octanol–water partition coefficient (Wildman–Crippen LogP) is 3.90. The summed E-state index contributed by atoms with van der Waals surface area (Å²) in [5.74, 6) is 0.0143. The Bertz CT molecular complexity index is 881. The number of anilines is 1. The highest BCUT2D eigenvalue weighted by molar-refractivity contribution is 5.92. The molecule has 0 unspecified atom stereocenters. The lowest BCUT2D eigenvalue weighted by molar-refractivity contribution is -0.676. The Kier molecular flexibility index (Phi) is 6.05. The average Bonchev–Trinajstić information content (AvgIpc) is 2.67. The average molecular weight is 359 g/mol. The summed E-state index contributed by atoms with van der Waals surface area (Å²) in [5, 5.41) is 5.18. The number of rotatable bonds is 6. The molecule has 3 N–H and O–H groups in total. The summed E-state index contributed by atoms with van der Waals surface area (Å²) in [6, 6.07) is 25.0. The zero-order chi connectivity index (χ0) is 19.2. The van der Waals surface area contributed by atoms with Crippen LogP contribution in [0.3, 0.4) is 0 Å². The van der Waals surface area contributed by atoms with Gasteiger partial charge in [-0.1, -0.05) is 78.4 Å². The van der Waals surface area contributed by atoms with Crippen molar-refractivity contribution in [2.45, 2.75) is 26.8 Å². The fraction of sp³-hybridized carbons (Fsp3) is 0.208. The lowest BCUT2D eigenvalue weighted by Crippen LogP contribution is -2.87. The summed E-state index contributed by atoms with van der Waals surface area (Å²) in [5.41, 5.74) is 6.72. The van der Waals surface area contributed by atoms with Gasteiger partial charge >= 0.3 is 0 Å². The first-order valence-electron chi connectivity index (χ1n) is 9.35. The van der Waals surface area contributed by atoms with E-state index in [1.807, 2.05) is 50.2 Å². The Labute approximate surface area is 161 Å². The SMILES string of the molecule is Cc1ccc([C@@H]([NH2+]CC(=O)Nc2c(C)cccc2C)c2ccccc2)cc1. The third kappa shape index (κ3) is 4.83. The summed E-state index contributed by atoms with van der Waals surface area (Å²) in [4.78, 5) is 12.6. The van der Waals surface area contributed by atoms with E-state index < -0.39 is 0 Å². The molecule has 0 saturated heterocycles. The van der Waals surface area contributed by atoms with Crippen molar-refractivity contribution >= 4 is 11.6 Å². The van der Waals surface area contributed by atoms with Gasteiger partial charge < -0.3 is 10.6 Å². The van der Waals surface area contributed by atoms with Crippen LogP contribution in [0.15, 0.2) is 72.8 Å². The minimum atomic E-state index is 0.0143. The van der Waals surface area contributed by atoms with Crippen LogP contribution in [0.4, 0.5) is 5.69 Å². The van der Waals surface area contributed by atoms with Crippen LogP contribution in [0.25, 0.3) is 0 Å². The molecule has 0 radical (unpaired) electrons. The number of amides is 1. The summed E-state index contributed by atoms with van der Waals surface area (Å²) >= 11 is 0. The van der Waals surface area contributed by atoms with Crippen molar-refractivity contribution in [1.82, 2.24) is 0 Å². The van der Waals surface area contributed by atoms with Gasteiger partial charge in [0.15, 0.2) is 6.54 Å². The zero-order valence-electron chi connectivity index (χ0n) is 16.2. The van der Waals surface area contributed by atoms with E-state index in [2.05, 4.69) is 54.0 Å². The molecule has 0 aliphatic carbocycles. The summed E-state index contributed by atoms with van der Waals surface area (Å²) in [6.07, 6.45) is 0. The van der Waals surface area contributed by atoms with Crippen molar-refractivity contribution < 1.29 is 10.1 Å². The largest absolute Gasteiger partial charge is 0.328 e. The number of aryl methyl sites for hydroxylation is 3. The second-order valence-electron chi connectivity index (χ2n) is 7.05. The molecule has 0 spiro atoms. The molecular formula is C24H27N2O+. The van der Waals surface area contributed by atoms with Gasteiger partial charge in [-0.25, -0.2) is 0 Å². The number of carbonyl (C=O) groups is 1. The first kappa shape index (κ1) is 18.9. The van der Waals surface area contributed by atoms with E-state index in [-0.39, 0.29) is 11.9 Å². The Morgan fingerprint density at radius 1 is 0.815 bits per heavy atom. The second-order valence-corrected chi connectivity index (χ2v) is 7.05. The first-order chi connectivity index (χ1) is 13.0. The van der Waals surface area contributed by atoms with Gasteiger partial charge in [0.2, 0.25) is 0 Å². The third-order valence-electron chi connectivity index (χ3n) is 4.88. The molecule has 0 fully saturated rings. The van der Waals surface area contributed by atoms with Gasteiger partial charge in [0.1, 0.15) is 6.04 Å². The van der Waals surface area contributed by atoms with Crippen molar-refractivity contribution in [2.75, 3.05) is 11.9 Å². The Hall–Kier alpha value is -2.91. The fourth-order valence-electron chi connectivity index (χ4n) is 3.33. The molecule has 0 saturated carbocycles. The maximum atomic E-state index is 12.6. The van der Waals surface area contributed by atoms with Gasteiger partial charge in [-0.2, -0.15) is 0 Å². The molecule has 3 heteroatoms. The first-order valence-corrected chi connectivity index (χ1v) is 9.35. The molecule has 3 aromatic rings. The molecule has 1 atom stereocenters. The summed E-state index contributed by atoms with van der Waals surface area (Å²) in [7, 11) is 0. The van der Waals surface area contributed by atoms with Crippen LogP contribution in [0.5, 0.6) is 0 Å². The molecule has 0 bridgehead atoms. The molecule has 0 aliphatic rings. The highest BCUT2D eigenvalue weighted by atomic mass is 16.1. The molecule has 0 aromatic heterocycles. The lowest BCUT2D eigenvalue weighted by Gasteiger charge is -2.17. The number of nitrogens with one attached hydrogen (secondary N) is 1. The second kappa shape index (κ2) is 8.65. The molecule has 138 valence electrons. The van der Waals surface area contributed by atoms with Gasteiger partial charge in [0.05, 0.1) is 0 Å². The van der Waals surface area contributed by atoms with Crippen LogP contribution in [0, 0.1) is 20.8 Å². The van der Waals surface area contributed by atoms with Gasteiger partial charge in [0.25, 0.3) is 5.91 Å². The van der Waals surface area contributed by atoms with Crippen LogP contribution in [0.2, 0.25) is 0 Å². The number of hydrogen-bond acceptors (Lipinski definition) is 1. The minimum Gasteiger partial charge on any atom is -0.328 e. The van der Waals surface area contributed by atoms with Gasteiger partial charge in [-0.05, 0) is 31.9 Å². The quantitative estimate of drug-likeness (QED) is 0.689. The fourth-order valence-corrected chi connectivity index (χ4v) is 3.33. The van der Waals surface area contributed by atoms with Crippen LogP contribution < -0.4 is 10.6 Å². The maximum absolute atomic E-state index is 12.6. The summed E-state index contributed by atoms with van der Waals surface area (Å²) < 4.78 is 0. The van der Waals surface area contributed by atoms with Gasteiger partial charge in [0, 0.05) is 16.8 Å². The number of hydrogen-bond donors (Lipinski definition) is 2. The monoisotopic (exact) mass is 359 g/mol. The Balaban J connectivity index is 1.75.